The van der Waals surface area contributed by atoms with Crippen LogP contribution in [-0.2, 0) is 4.79 Å². The number of carboxylic acid groups (broad SMARTS) is 1. The zero-order valence-electron chi connectivity index (χ0n) is 13.7. The zero-order valence-corrected chi connectivity index (χ0v) is 13.7. The summed E-state index contributed by atoms with van der Waals surface area (Å²) in [5.74, 6) is -0.624. The summed E-state index contributed by atoms with van der Waals surface area (Å²) in [5, 5.41) is 12.1. The van der Waals surface area contributed by atoms with Crippen LogP contribution < -0.4 is 10.6 Å². The molecule has 130 valence electrons. The number of imidazole rings is 1. The normalized spacial score (nSPS) is 11.1. The number of anilines is 3. The topological polar surface area (TPSA) is 130 Å². The lowest BCUT2D eigenvalue weighted by Crippen LogP contribution is -2.24. The van der Waals surface area contributed by atoms with Crippen LogP contribution in [0.3, 0.4) is 0 Å². The van der Waals surface area contributed by atoms with Crippen molar-refractivity contribution in [1.29, 1.82) is 0 Å². The molecule has 0 fully saturated rings. The summed E-state index contributed by atoms with van der Waals surface area (Å²) in [6.45, 7) is 1.43. The molecule has 0 saturated carbocycles. The molecule has 2 heterocycles. The van der Waals surface area contributed by atoms with Gasteiger partial charge in [0.05, 0.1) is 22.3 Å². The lowest BCUT2D eigenvalue weighted by atomic mass is 10.2. The maximum Gasteiger partial charge on any atom is 0.335 e. The van der Waals surface area contributed by atoms with E-state index in [1.807, 2.05) is 0 Å². The largest absolute Gasteiger partial charge is 0.478 e. The third-order valence-corrected chi connectivity index (χ3v) is 3.98. The molecule has 4 aromatic rings. The molecule has 0 saturated heterocycles. The van der Waals surface area contributed by atoms with E-state index in [1.54, 1.807) is 34.8 Å². The fourth-order valence-corrected chi connectivity index (χ4v) is 2.78. The molecule has 0 atom stereocenters. The fourth-order valence-electron chi connectivity index (χ4n) is 2.78. The van der Waals surface area contributed by atoms with Crippen molar-refractivity contribution in [2.24, 2.45) is 0 Å². The molecule has 9 nitrogen and oxygen atoms in total. The first-order valence-electron chi connectivity index (χ1n) is 7.72. The summed E-state index contributed by atoms with van der Waals surface area (Å²) in [7, 11) is 0. The lowest BCUT2D eigenvalue weighted by Gasteiger charge is -2.17. The summed E-state index contributed by atoms with van der Waals surface area (Å²) in [4.78, 5) is 33.3. The molecule has 0 radical (unpaired) electrons. The Kier molecular flexibility index (Phi) is 3.36. The number of H-pyrrole nitrogens is 1. The van der Waals surface area contributed by atoms with E-state index in [2.05, 4.69) is 15.1 Å². The Morgan fingerprint density at radius 1 is 1.15 bits per heavy atom. The maximum atomic E-state index is 12.2. The Morgan fingerprint density at radius 3 is 2.54 bits per heavy atom. The lowest BCUT2D eigenvalue weighted by molar-refractivity contribution is -0.115. The van der Waals surface area contributed by atoms with Gasteiger partial charge in [-0.05, 0) is 42.5 Å². The summed E-state index contributed by atoms with van der Waals surface area (Å²) in [5.41, 5.74) is 8.20. The summed E-state index contributed by atoms with van der Waals surface area (Å²) >= 11 is 0. The number of carboxylic acids is 1. The van der Waals surface area contributed by atoms with Crippen LogP contribution in [0.2, 0.25) is 0 Å². The number of benzene rings is 2. The molecule has 4 N–H and O–H groups in total. The quantitative estimate of drug-likeness (QED) is 0.486. The third-order valence-electron chi connectivity index (χ3n) is 3.98. The van der Waals surface area contributed by atoms with Crippen LogP contribution in [0.25, 0.3) is 16.8 Å². The second-order valence-corrected chi connectivity index (χ2v) is 5.75. The number of carbonyl (C=O) groups is 2. The van der Waals surface area contributed by atoms with Crippen LogP contribution in [0.15, 0.2) is 42.5 Å². The highest BCUT2D eigenvalue weighted by Crippen LogP contribution is 2.26. The van der Waals surface area contributed by atoms with Crippen molar-refractivity contribution >= 4 is 46.0 Å². The van der Waals surface area contributed by atoms with E-state index in [0.29, 0.717) is 34.1 Å². The van der Waals surface area contributed by atoms with E-state index in [4.69, 9.17) is 10.8 Å². The maximum absolute atomic E-state index is 12.2. The van der Waals surface area contributed by atoms with E-state index in [0.717, 1.165) is 0 Å². The second-order valence-electron chi connectivity index (χ2n) is 5.75. The van der Waals surface area contributed by atoms with Crippen molar-refractivity contribution in [3.63, 3.8) is 0 Å². The Hall–Kier alpha value is -3.88. The van der Waals surface area contributed by atoms with Gasteiger partial charge in [0.15, 0.2) is 0 Å². The average Bonchev–Trinajstić information content (AvgIpc) is 3.13. The van der Waals surface area contributed by atoms with Gasteiger partial charge in [-0.15, -0.1) is 0 Å². The first-order valence-corrected chi connectivity index (χ1v) is 7.72. The molecule has 0 aliphatic carbocycles. The highest BCUT2D eigenvalue weighted by atomic mass is 16.4. The Bertz CT molecular complexity index is 1160. The van der Waals surface area contributed by atoms with Crippen molar-refractivity contribution in [3.8, 4) is 0 Å². The van der Waals surface area contributed by atoms with E-state index < -0.39 is 5.97 Å². The van der Waals surface area contributed by atoms with Gasteiger partial charge in [-0.25, -0.2) is 19.2 Å². The molecule has 0 aliphatic rings. The SMILES string of the molecule is CC(=O)N(c1ccc(N)cc1)c1nc2nc3cc(C(=O)O)ccc3n2[nH]1. The molecule has 9 heteroatoms. The number of aromatic nitrogens is 4. The minimum atomic E-state index is -1.02. The van der Waals surface area contributed by atoms with Crippen molar-refractivity contribution in [2.45, 2.75) is 6.92 Å². The van der Waals surface area contributed by atoms with Gasteiger partial charge in [0.25, 0.3) is 5.78 Å². The van der Waals surface area contributed by atoms with Crippen LogP contribution in [0, 0.1) is 0 Å². The van der Waals surface area contributed by atoms with Crippen LogP contribution >= 0.6 is 0 Å². The van der Waals surface area contributed by atoms with Crippen molar-refractivity contribution < 1.29 is 14.7 Å². The van der Waals surface area contributed by atoms with Gasteiger partial charge in [-0.2, -0.15) is 4.98 Å². The Morgan fingerprint density at radius 2 is 1.88 bits per heavy atom. The van der Waals surface area contributed by atoms with Gasteiger partial charge in [-0.1, -0.05) is 0 Å². The molecule has 1 amide bonds. The van der Waals surface area contributed by atoms with Crippen LogP contribution in [-0.4, -0.2) is 36.6 Å². The van der Waals surface area contributed by atoms with E-state index in [-0.39, 0.29) is 11.5 Å². The van der Waals surface area contributed by atoms with Gasteiger partial charge >= 0.3 is 5.97 Å². The molecule has 0 spiro atoms. The summed E-state index contributed by atoms with van der Waals surface area (Å²) in [6.07, 6.45) is 0. The highest BCUT2D eigenvalue weighted by molar-refractivity contribution is 5.98. The zero-order chi connectivity index (χ0) is 18.4. The van der Waals surface area contributed by atoms with Gasteiger partial charge < -0.3 is 10.8 Å². The van der Waals surface area contributed by atoms with E-state index in [1.165, 1.54) is 24.0 Å². The number of carbonyl (C=O) groups excluding carboxylic acids is 1. The van der Waals surface area contributed by atoms with Crippen LogP contribution in [0.1, 0.15) is 17.3 Å². The monoisotopic (exact) mass is 350 g/mol. The minimum absolute atomic E-state index is 0.144. The molecular formula is C17H14N6O3. The van der Waals surface area contributed by atoms with Gasteiger partial charge in [0, 0.05) is 12.6 Å². The smallest absolute Gasteiger partial charge is 0.335 e. The molecule has 0 bridgehead atoms. The predicted octanol–water partition coefficient (Wildman–Crippen LogP) is 2.18. The molecular weight excluding hydrogens is 336 g/mol. The number of hydrogen-bond acceptors (Lipinski definition) is 5. The standard InChI is InChI=1S/C17H14N6O3/c1-9(24)22(12-5-3-11(18)4-6-12)17-20-16-19-13-8-10(15(25)26)2-7-14(13)23(16)21-17/h2-8H,18H2,1H3,(H,25,26)(H,19,20,21). The van der Waals surface area contributed by atoms with Crippen LogP contribution in [0.5, 0.6) is 0 Å². The number of hydrogen-bond donors (Lipinski definition) is 3. The number of nitrogens with zero attached hydrogens (tertiary/aromatic N) is 4. The van der Waals surface area contributed by atoms with Crippen molar-refractivity contribution in [1.82, 2.24) is 19.6 Å². The van der Waals surface area contributed by atoms with Gasteiger partial charge in [0.2, 0.25) is 11.9 Å². The molecule has 4 rings (SSSR count). The predicted molar refractivity (Wildman–Crippen MR) is 95.5 cm³/mol. The number of fused-ring (bicyclic) bond motifs is 3. The third kappa shape index (κ3) is 2.42. The summed E-state index contributed by atoms with van der Waals surface area (Å²) < 4.78 is 1.60. The number of aromatic carboxylic acids is 1. The number of nitrogens with two attached hydrogens (primary N) is 1. The Balaban J connectivity index is 1.84. The van der Waals surface area contributed by atoms with Gasteiger partial charge in [-0.3, -0.25) is 9.89 Å². The average molecular weight is 350 g/mol. The van der Waals surface area contributed by atoms with Gasteiger partial charge in [0.1, 0.15) is 0 Å². The van der Waals surface area contributed by atoms with Crippen molar-refractivity contribution in [3.05, 3.63) is 48.0 Å². The molecule has 26 heavy (non-hydrogen) atoms. The number of nitrogen functional groups attached to an aromatic ring is 1. The van der Waals surface area contributed by atoms with E-state index >= 15 is 0 Å². The molecule has 0 aliphatic heterocycles. The molecule has 0 unspecified atom stereocenters. The minimum Gasteiger partial charge on any atom is -0.478 e. The summed E-state index contributed by atoms with van der Waals surface area (Å²) in [6, 6.07) is 11.4. The molecule has 2 aromatic heterocycles. The highest BCUT2D eigenvalue weighted by Gasteiger charge is 2.20. The Labute approximate surface area is 146 Å². The van der Waals surface area contributed by atoms with Crippen LogP contribution in [0.4, 0.5) is 17.3 Å². The molecule has 2 aromatic carbocycles. The fraction of sp³-hybridized carbons (Fsp3) is 0.0588. The number of amides is 1. The van der Waals surface area contributed by atoms with E-state index in [9.17, 15) is 9.59 Å². The first kappa shape index (κ1) is 15.6. The number of rotatable bonds is 3. The first-order chi connectivity index (χ1) is 12.4. The number of aromatic amines is 1. The number of nitrogens with one attached hydrogen (secondary N) is 1. The van der Waals surface area contributed by atoms with Crippen molar-refractivity contribution in [2.75, 3.05) is 10.6 Å². The second kappa shape index (κ2) is 5.59.